The molecule has 2 heterocycles. The van der Waals surface area contributed by atoms with Gasteiger partial charge in [0, 0.05) is 6.54 Å². The van der Waals surface area contributed by atoms with E-state index >= 15 is 0 Å². The minimum atomic E-state index is -0.383. The van der Waals surface area contributed by atoms with E-state index in [9.17, 15) is 4.79 Å². The largest absolute Gasteiger partial charge is 0.460 e. The average molecular weight is 227 g/mol. The van der Waals surface area contributed by atoms with Gasteiger partial charge in [-0.25, -0.2) is 0 Å². The van der Waals surface area contributed by atoms with Gasteiger partial charge in [-0.3, -0.25) is 4.79 Å². The van der Waals surface area contributed by atoms with Gasteiger partial charge in [-0.1, -0.05) is 0 Å². The third kappa shape index (κ3) is 2.55. The van der Waals surface area contributed by atoms with Crippen molar-refractivity contribution in [3.8, 4) is 0 Å². The van der Waals surface area contributed by atoms with Crippen LogP contribution in [0, 0.1) is 5.92 Å². The third-order valence-corrected chi connectivity index (χ3v) is 3.19. The number of hydrogen-bond donors (Lipinski definition) is 1. The summed E-state index contributed by atoms with van der Waals surface area (Å²) in [6.45, 7) is 8.01. The topological polar surface area (TPSA) is 47.6 Å². The number of carbonyl (C=O) groups is 1. The number of rotatable bonds is 1. The van der Waals surface area contributed by atoms with Crippen molar-refractivity contribution in [3.63, 3.8) is 0 Å². The minimum absolute atomic E-state index is 0.00505. The fraction of sp³-hybridized carbons (Fsp3) is 0.917. The van der Waals surface area contributed by atoms with Crippen LogP contribution in [-0.2, 0) is 14.3 Å². The smallest absolute Gasteiger partial charge is 0.310 e. The Labute approximate surface area is 96.7 Å². The van der Waals surface area contributed by atoms with Crippen LogP contribution < -0.4 is 5.32 Å². The second-order valence-electron chi connectivity index (χ2n) is 5.92. The van der Waals surface area contributed by atoms with E-state index in [2.05, 4.69) is 5.32 Å². The molecule has 1 unspecified atom stereocenters. The molecule has 92 valence electrons. The summed E-state index contributed by atoms with van der Waals surface area (Å²) in [4.78, 5) is 11.8. The molecule has 2 fully saturated rings. The van der Waals surface area contributed by atoms with E-state index in [0.29, 0.717) is 0 Å². The van der Waals surface area contributed by atoms with Crippen molar-refractivity contribution >= 4 is 5.97 Å². The highest BCUT2D eigenvalue weighted by Crippen LogP contribution is 2.30. The van der Waals surface area contributed by atoms with E-state index in [1.54, 1.807) is 0 Å². The number of hydrogen-bond acceptors (Lipinski definition) is 4. The molecule has 0 amide bonds. The fourth-order valence-electron chi connectivity index (χ4n) is 2.16. The molecule has 4 nitrogen and oxygen atoms in total. The van der Waals surface area contributed by atoms with Gasteiger partial charge in [0.25, 0.3) is 0 Å². The maximum Gasteiger partial charge on any atom is 0.310 e. The molecular formula is C12H21NO3. The summed E-state index contributed by atoms with van der Waals surface area (Å²) in [5, 5.41) is 3.42. The monoisotopic (exact) mass is 227 g/mol. The Kier molecular flexibility index (Phi) is 2.97. The van der Waals surface area contributed by atoms with Gasteiger partial charge >= 0.3 is 5.97 Å². The lowest BCUT2D eigenvalue weighted by atomic mass is 9.83. The summed E-state index contributed by atoms with van der Waals surface area (Å²) in [5.74, 6) is -0.0689. The Morgan fingerprint density at radius 3 is 2.50 bits per heavy atom. The molecule has 1 N–H and O–H groups in total. The first-order valence-corrected chi connectivity index (χ1v) is 5.96. The molecule has 2 saturated heterocycles. The summed E-state index contributed by atoms with van der Waals surface area (Å²) in [6.07, 6.45) is 1.92. The van der Waals surface area contributed by atoms with Gasteiger partial charge in [0.1, 0.15) is 5.60 Å². The quantitative estimate of drug-likeness (QED) is 0.681. The first-order chi connectivity index (χ1) is 7.40. The zero-order chi connectivity index (χ0) is 11.8. The van der Waals surface area contributed by atoms with Gasteiger partial charge in [-0.15, -0.1) is 0 Å². The van der Waals surface area contributed by atoms with Gasteiger partial charge in [-0.2, -0.15) is 0 Å². The number of piperidine rings is 1. The van der Waals surface area contributed by atoms with Crippen molar-refractivity contribution in [1.82, 2.24) is 5.32 Å². The summed E-state index contributed by atoms with van der Waals surface area (Å²) in [7, 11) is 0. The zero-order valence-electron chi connectivity index (χ0n) is 10.3. The number of ether oxygens (including phenoxy) is 2. The van der Waals surface area contributed by atoms with Crippen LogP contribution in [-0.4, -0.2) is 36.9 Å². The first-order valence-electron chi connectivity index (χ1n) is 5.96. The molecule has 2 rings (SSSR count). The summed E-state index contributed by atoms with van der Waals surface area (Å²) in [6, 6.07) is 0. The molecule has 0 aliphatic carbocycles. The lowest BCUT2D eigenvalue weighted by Crippen LogP contribution is -2.64. The van der Waals surface area contributed by atoms with Crippen molar-refractivity contribution in [3.05, 3.63) is 0 Å². The molecule has 2 aliphatic rings. The summed E-state index contributed by atoms with van der Waals surface area (Å²) in [5.41, 5.74) is -0.218. The van der Waals surface area contributed by atoms with Gasteiger partial charge in [0.2, 0.25) is 0 Å². The van der Waals surface area contributed by atoms with Crippen LogP contribution >= 0.6 is 0 Å². The Morgan fingerprint density at radius 2 is 2.12 bits per heavy atom. The van der Waals surface area contributed by atoms with Crippen LogP contribution in [0.1, 0.15) is 33.6 Å². The molecule has 0 aromatic carbocycles. The lowest BCUT2D eigenvalue weighted by Gasteiger charge is -2.46. The van der Waals surface area contributed by atoms with Gasteiger partial charge < -0.3 is 14.8 Å². The summed E-state index contributed by atoms with van der Waals surface area (Å²) < 4.78 is 10.6. The Hall–Kier alpha value is -0.610. The number of esters is 1. The first kappa shape index (κ1) is 11.9. The standard InChI is InChI=1S/C12H21NO3/c1-11(2,3)16-10(14)9-4-5-12(13-6-9)7-15-8-12/h9,13H,4-8H2,1-3H3. The highest BCUT2D eigenvalue weighted by Gasteiger charge is 2.43. The molecule has 0 aromatic rings. The maximum atomic E-state index is 11.8. The van der Waals surface area contributed by atoms with Crippen LogP contribution in [0.25, 0.3) is 0 Å². The molecule has 1 atom stereocenters. The van der Waals surface area contributed by atoms with Crippen molar-refractivity contribution in [1.29, 1.82) is 0 Å². The van der Waals surface area contributed by atoms with E-state index < -0.39 is 0 Å². The zero-order valence-corrected chi connectivity index (χ0v) is 10.3. The molecule has 0 bridgehead atoms. The van der Waals surface area contributed by atoms with Crippen LogP contribution in [0.5, 0.6) is 0 Å². The Bertz CT molecular complexity index is 268. The highest BCUT2D eigenvalue weighted by atomic mass is 16.6. The minimum Gasteiger partial charge on any atom is -0.460 e. The molecule has 0 radical (unpaired) electrons. The van der Waals surface area contributed by atoms with E-state index in [1.165, 1.54) is 0 Å². The van der Waals surface area contributed by atoms with Crippen molar-refractivity contribution < 1.29 is 14.3 Å². The number of nitrogens with one attached hydrogen (secondary N) is 1. The van der Waals surface area contributed by atoms with E-state index in [0.717, 1.165) is 32.6 Å². The van der Waals surface area contributed by atoms with Crippen LogP contribution in [0.15, 0.2) is 0 Å². The van der Waals surface area contributed by atoms with Crippen LogP contribution in [0.3, 0.4) is 0 Å². The maximum absolute atomic E-state index is 11.8. The highest BCUT2D eigenvalue weighted by molar-refractivity contribution is 5.73. The predicted octanol–water partition coefficient (Wildman–Crippen LogP) is 1.10. The molecule has 1 spiro atoms. The van der Waals surface area contributed by atoms with E-state index in [4.69, 9.17) is 9.47 Å². The summed E-state index contributed by atoms with van der Waals surface area (Å²) >= 11 is 0. The molecule has 0 aromatic heterocycles. The van der Waals surface area contributed by atoms with Gasteiger partial charge in [0.15, 0.2) is 0 Å². The van der Waals surface area contributed by atoms with Gasteiger partial charge in [-0.05, 0) is 33.6 Å². The van der Waals surface area contributed by atoms with E-state index in [-0.39, 0.29) is 23.0 Å². The molecule has 0 saturated carbocycles. The van der Waals surface area contributed by atoms with Crippen molar-refractivity contribution in [2.75, 3.05) is 19.8 Å². The Morgan fingerprint density at radius 1 is 1.44 bits per heavy atom. The van der Waals surface area contributed by atoms with Crippen molar-refractivity contribution in [2.24, 2.45) is 5.92 Å². The number of carbonyl (C=O) groups excluding carboxylic acids is 1. The van der Waals surface area contributed by atoms with Crippen LogP contribution in [0.2, 0.25) is 0 Å². The molecule has 16 heavy (non-hydrogen) atoms. The average Bonchev–Trinajstić information content (AvgIpc) is 2.13. The molecular weight excluding hydrogens is 206 g/mol. The van der Waals surface area contributed by atoms with E-state index in [1.807, 2.05) is 20.8 Å². The second-order valence-corrected chi connectivity index (χ2v) is 5.92. The normalized spacial score (nSPS) is 28.6. The Balaban J connectivity index is 1.82. The predicted molar refractivity (Wildman–Crippen MR) is 60.1 cm³/mol. The molecule has 4 heteroatoms. The van der Waals surface area contributed by atoms with Gasteiger partial charge in [0.05, 0.1) is 24.7 Å². The van der Waals surface area contributed by atoms with Crippen molar-refractivity contribution in [2.45, 2.75) is 44.8 Å². The fourth-order valence-corrected chi connectivity index (χ4v) is 2.16. The molecule has 2 aliphatic heterocycles. The van der Waals surface area contributed by atoms with Crippen LogP contribution in [0.4, 0.5) is 0 Å². The second kappa shape index (κ2) is 4.00. The lowest BCUT2D eigenvalue weighted by molar-refractivity contribution is -0.163. The third-order valence-electron chi connectivity index (χ3n) is 3.19. The SMILES string of the molecule is CC(C)(C)OC(=O)C1CCC2(COC2)NC1.